The van der Waals surface area contributed by atoms with Gasteiger partial charge in [-0.05, 0) is 141 Å². The predicted molar refractivity (Wildman–Crippen MR) is 236 cm³/mol. The van der Waals surface area contributed by atoms with Crippen molar-refractivity contribution in [1.82, 2.24) is 15.1 Å². The van der Waals surface area contributed by atoms with Gasteiger partial charge in [-0.25, -0.2) is 0 Å². The molecule has 2 aliphatic carbocycles. The van der Waals surface area contributed by atoms with E-state index < -0.39 is 6.10 Å². The molecule has 9 rings (SSSR count). The fourth-order valence-electron chi connectivity index (χ4n) is 10.0. The number of aromatic hydroxyl groups is 1. The summed E-state index contributed by atoms with van der Waals surface area (Å²) in [4.78, 5) is 19.3. The van der Waals surface area contributed by atoms with Crippen molar-refractivity contribution in [2.24, 2.45) is 5.92 Å². The first-order valence-electron chi connectivity index (χ1n) is 20.9. The third kappa shape index (κ3) is 8.45. The lowest BCUT2D eigenvalue weighted by Crippen LogP contribution is -2.64. The number of aliphatic hydroxyl groups excluding tert-OH is 1. The van der Waals surface area contributed by atoms with E-state index in [2.05, 4.69) is 95.8 Å². The summed E-state index contributed by atoms with van der Waals surface area (Å²) in [7, 11) is 6.47. The average Bonchev–Trinajstić information content (AvgIpc) is 3.47. The lowest BCUT2D eigenvalue weighted by atomic mass is 9.53. The molecule has 0 radical (unpaired) electrons. The van der Waals surface area contributed by atoms with Crippen LogP contribution in [0.2, 0.25) is 5.02 Å². The molecule has 6 atom stereocenters. The summed E-state index contributed by atoms with van der Waals surface area (Å²) in [6.07, 6.45) is 8.63. The lowest BCUT2D eigenvalue weighted by molar-refractivity contribution is -0.0453. The quantitative estimate of drug-likeness (QED) is 0.127. The molecule has 5 aliphatic rings. The van der Waals surface area contributed by atoms with E-state index in [9.17, 15) is 15.0 Å². The maximum Gasteiger partial charge on any atom is 0.179 e. The topological polar surface area (TPSA) is 88.5 Å². The van der Waals surface area contributed by atoms with Crippen molar-refractivity contribution < 1.29 is 19.7 Å². The van der Waals surface area contributed by atoms with Crippen LogP contribution in [0.3, 0.4) is 0 Å². The van der Waals surface area contributed by atoms with Crippen LogP contribution in [0.4, 0.5) is 11.4 Å². The number of aliphatic hydroxyl groups is 1. The van der Waals surface area contributed by atoms with Gasteiger partial charge in [-0.1, -0.05) is 78.4 Å². The van der Waals surface area contributed by atoms with E-state index in [1.54, 1.807) is 30.3 Å². The van der Waals surface area contributed by atoms with Crippen molar-refractivity contribution in [2.75, 3.05) is 45.7 Å². The summed E-state index contributed by atoms with van der Waals surface area (Å²) in [5.74, 6) is 1.26. The Bertz CT molecular complexity index is 2080. The Morgan fingerprint density at radius 2 is 1.64 bits per heavy atom. The number of para-hydroxylation sites is 2. The van der Waals surface area contributed by atoms with Crippen LogP contribution in [0.1, 0.15) is 73.1 Å². The maximum atomic E-state index is 12.1. The number of carbonyl (C=O) groups is 1. The zero-order valence-corrected chi connectivity index (χ0v) is 36.0. The predicted octanol–water partition coefficient (Wildman–Crippen LogP) is 8.37. The number of hydrogen-bond acceptors (Lipinski definition) is 8. The summed E-state index contributed by atoms with van der Waals surface area (Å²) in [6.45, 7) is 11.2. The van der Waals surface area contributed by atoms with Crippen LogP contribution in [-0.4, -0.2) is 96.4 Å². The zero-order valence-electron chi connectivity index (χ0n) is 35.2. The number of ether oxygens (including phenoxy) is 1. The highest BCUT2D eigenvalue weighted by atomic mass is 35.5. The van der Waals surface area contributed by atoms with Crippen LogP contribution < -0.4 is 15.0 Å². The van der Waals surface area contributed by atoms with Crippen LogP contribution in [0.5, 0.6) is 11.5 Å². The zero-order chi connectivity index (χ0) is 41.4. The van der Waals surface area contributed by atoms with Gasteiger partial charge in [0.15, 0.2) is 17.3 Å². The molecule has 3 aliphatic heterocycles. The number of Topliss-reactive ketones (excluding diaryl/α,β-unsaturated/α-hetero) is 1. The van der Waals surface area contributed by atoms with Crippen molar-refractivity contribution in [3.05, 3.63) is 130 Å². The number of likely N-dealkylation sites (tertiary alicyclic amines) is 1. The molecule has 9 heteroatoms. The molecular weight excluding hydrogens is 744 g/mol. The fraction of sp³-hybridized carbons (Fsp3) is 0.449. The number of halogens is 1. The minimum atomic E-state index is -0.594. The molecule has 3 N–H and O–H groups in total. The monoisotopic (exact) mass is 804 g/mol. The van der Waals surface area contributed by atoms with E-state index in [1.165, 1.54) is 40.0 Å². The first kappa shape index (κ1) is 42.0. The van der Waals surface area contributed by atoms with E-state index in [0.717, 1.165) is 45.3 Å². The number of aryl methyl sites for hydroxylation is 2. The van der Waals surface area contributed by atoms with Gasteiger partial charge in [-0.2, -0.15) is 0 Å². The highest BCUT2D eigenvalue weighted by molar-refractivity contribution is 6.31. The first-order chi connectivity index (χ1) is 27.7. The summed E-state index contributed by atoms with van der Waals surface area (Å²) < 4.78 is 6.09. The van der Waals surface area contributed by atoms with E-state index >= 15 is 0 Å². The molecule has 308 valence electrons. The van der Waals surface area contributed by atoms with Crippen molar-refractivity contribution in [3.8, 4) is 11.5 Å². The van der Waals surface area contributed by atoms with Gasteiger partial charge in [-0.15, -0.1) is 0 Å². The molecule has 1 fully saturated rings. The number of fused-ring (bicyclic) bond motifs is 2. The molecule has 4 aromatic rings. The molecular formula is C49H61ClN4O4. The summed E-state index contributed by atoms with van der Waals surface area (Å²) in [6, 6.07) is 28.8. The second-order valence-corrected chi connectivity index (χ2v) is 18.4. The Morgan fingerprint density at radius 3 is 2.28 bits per heavy atom. The number of rotatable bonds is 7. The number of piperidine rings is 1. The van der Waals surface area contributed by atoms with Gasteiger partial charge >= 0.3 is 0 Å². The molecule has 58 heavy (non-hydrogen) atoms. The van der Waals surface area contributed by atoms with Crippen molar-refractivity contribution >= 4 is 28.8 Å². The van der Waals surface area contributed by atoms with Crippen LogP contribution in [0.25, 0.3) is 0 Å². The van der Waals surface area contributed by atoms with Gasteiger partial charge in [0.25, 0.3) is 0 Å². The number of anilines is 2. The minimum absolute atomic E-state index is 0.0671. The molecule has 0 amide bonds. The molecule has 0 aromatic heterocycles. The molecule has 1 spiro atoms. The fourth-order valence-corrected chi connectivity index (χ4v) is 10.2. The number of nitrogens with one attached hydrogen (secondary N) is 1. The molecule has 2 bridgehead atoms. The molecule has 1 unspecified atom stereocenters. The number of nitrogens with zero attached hydrogens (tertiary/aromatic N) is 3. The molecule has 1 saturated heterocycles. The second kappa shape index (κ2) is 17.2. The number of phenols is 1. The second-order valence-electron chi connectivity index (χ2n) is 18.0. The van der Waals surface area contributed by atoms with Crippen molar-refractivity contribution in [1.29, 1.82) is 0 Å². The lowest BCUT2D eigenvalue weighted by Gasteiger charge is -2.56. The number of carbonyl (C=O) groups excluding carboxylic acids is 1. The number of likely N-dealkylation sites (N-methyl/N-ethyl adjacent to an activating group) is 1. The van der Waals surface area contributed by atoms with E-state index in [4.69, 9.17) is 16.3 Å². The SMILES string of the molecule is CC(NC(C)(C)C)C(=O)c1cccc(Cl)c1.CN(C)CCCN1c2ccccc2CCc2ccccc21.CN1CC[C@]23c4c5ccc(O)c4O[C@H]2[C@@H](O)C=C[C@H]3[C@H]1C5. The van der Waals surface area contributed by atoms with Crippen molar-refractivity contribution in [3.63, 3.8) is 0 Å². The Labute approximate surface area is 350 Å². The Hall–Kier alpha value is -4.18. The number of ketones is 1. The van der Waals surface area contributed by atoms with E-state index in [1.807, 2.05) is 39.8 Å². The molecule has 4 aromatic carbocycles. The van der Waals surface area contributed by atoms with Crippen LogP contribution in [0.15, 0.2) is 97.1 Å². The third-order valence-corrected chi connectivity index (χ3v) is 12.8. The van der Waals surface area contributed by atoms with Gasteiger partial charge in [0.05, 0.1) is 6.04 Å². The number of benzene rings is 4. The van der Waals surface area contributed by atoms with Gasteiger partial charge in [0.2, 0.25) is 0 Å². The molecule has 8 nitrogen and oxygen atoms in total. The smallest absolute Gasteiger partial charge is 0.179 e. The largest absolute Gasteiger partial charge is 0.504 e. The standard InChI is InChI=1S/C19H24N2.C17H19NO3.C13H18ClNO/c1-20(2)14-7-15-21-18-10-5-3-8-16(18)12-13-17-9-4-6-11-19(17)21;1-18-7-6-17-10-3-5-13(20)16(17)21-15-12(19)4-2-9(14(15)17)8-11(10)18;1-9(15-13(2,3)4)12(16)10-6-5-7-11(14)8-10/h3-6,8-11H,7,12-15H2,1-2H3;2-5,10-11,13,16,19-20H,6-8H2,1H3;5-9,15H,1-4H3/t;10-,11+,13-,16-,17-;/m.0./s1. The molecule has 3 heterocycles. The summed E-state index contributed by atoms with van der Waals surface area (Å²) in [5, 5.41) is 24.5. The average molecular weight is 806 g/mol. The maximum absolute atomic E-state index is 12.1. The summed E-state index contributed by atoms with van der Waals surface area (Å²) in [5.41, 5.74) is 8.59. The number of hydrogen-bond donors (Lipinski definition) is 3. The minimum Gasteiger partial charge on any atom is -0.504 e. The Balaban J connectivity index is 0.000000134. The molecule has 0 saturated carbocycles. The van der Waals surface area contributed by atoms with Crippen LogP contribution in [-0.2, 0) is 24.7 Å². The van der Waals surface area contributed by atoms with E-state index in [0.29, 0.717) is 28.3 Å². The first-order valence-corrected chi connectivity index (χ1v) is 21.3. The number of phenolic OH excluding ortho intramolecular Hbond substituents is 1. The Kier molecular flexibility index (Phi) is 12.4. The third-order valence-electron chi connectivity index (χ3n) is 12.5. The van der Waals surface area contributed by atoms with Gasteiger partial charge < -0.3 is 35.0 Å². The van der Waals surface area contributed by atoms with Crippen LogP contribution in [0, 0.1) is 5.92 Å². The van der Waals surface area contributed by atoms with E-state index in [-0.39, 0.29) is 34.6 Å². The van der Waals surface area contributed by atoms with Gasteiger partial charge in [-0.3, -0.25) is 4.79 Å². The highest BCUT2D eigenvalue weighted by Gasteiger charge is 2.64. The van der Waals surface area contributed by atoms with Crippen molar-refractivity contribution in [2.45, 2.75) is 95.0 Å². The Morgan fingerprint density at radius 1 is 0.966 bits per heavy atom. The van der Waals surface area contributed by atoms with Crippen LogP contribution >= 0.6 is 11.6 Å². The van der Waals surface area contributed by atoms with Gasteiger partial charge in [0, 0.05) is 57.0 Å². The summed E-state index contributed by atoms with van der Waals surface area (Å²) >= 11 is 5.85. The normalized spacial score (nSPS) is 24.1. The van der Waals surface area contributed by atoms with Gasteiger partial charge in [0.1, 0.15) is 12.2 Å². The highest BCUT2D eigenvalue weighted by Crippen LogP contribution is 2.62.